The first-order valence-electron chi connectivity index (χ1n) is 4.68. The van der Waals surface area contributed by atoms with E-state index in [0.717, 1.165) is 19.4 Å². The molecule has 0 fully saturated rings. The van der Waals surface area contributed by atoms with Crippen LogP contribution in [-0.2, 0) is 11.2 Å². The Morgan fingerprint density at radius 3 is 2.36 bits per heavy atom. The quantitative estimate of drug-likeness (QED) is 0.510. The fourth-order valence-electron chi connectivity index (χ4n) is 1.28. The lowest BCUT2D eigenvalue weighted by Gasteiger charge is -2.03. The molecular weight excluding hydrogens is 179 g/mol. The van der Waals surface area contributed by atoms with Gasteiger partial charge in [0, 0.05) is 13.7 Å². The van der Waals surface area contributed by atoms with Crippen molar-refractivity contribution in [3.8, 4) is 0 Å². The van der Waals surface area contributed by atoms with Gasteiger partial charge >= 0.3 is 7.12 Å². The van der Waals surface area contributed by atoms with Crippen molar-refractivity contribution in [2.24, 2.45) is 0 Å². The third kappa shape index (κ3) is 3.50. The minimum atomic E-state index is -1.37. The summed E-state index contributed by atoms with van der Waals surface area (Å²) in [6.45, 7) is 0.754. The van der Waals surface area contributed by atoms with Gasteiger partial charge in [0.25, 0.3) is 0 Å². The number of ether oxygens (including phenoxy) is 1. The highest BCUT2D eigenvalue weighted by atomic mass is 16.5. The molecule has 0 bridgehead atoms. The molecule has 0 aliphatic carbocycles. The molecule has 1 aromatic carbocycles. The van der Waals surface area contributed by atoms with Crippen molar-refractivity contribution in [1.82, 2.24) is 0 Å². The molecule has 0 aliphatic heterocycles. The third-order valence-electron chi connectivity index (χ3n) is 2.09. The highest BCUT2D eigenvalue weighted by Crippen LogP contribution is 2.01. The lowest BCUT2D eigenvalue weighted by molar-refractivity contribution is 0.195. The molecule has 1 rings (SSSR count). The molecule has 0 aromatic heterocycles. The molecule has 4 heteroatoms. The summed E-state index contributed by atoms with van der Waals surface area (Å²) in [6, 6.07) is 7.27. The van der Waals surface area contributed by atoms with E-state index in [4.69, 9.17) is 14.8 Å². The second kappa shape index (κ2) is 5.80. The molecule has 2 N–H and O–H groups in total. The van der Waals surface area contributed by atoms with Crippen LogP contribution in [0.25, 0.3) is 0 Å². The molecule has 0 heterocycles. The van der Waals surface area contributed by atoms with Crippen LogP contribution in [0.4, 0.5) is 0 Å². The zero-order chi connectivity index (χ0) is 10.4. The number of benzene rings is 1. The maximum absolute atomic E-state index is 8.86. The van der Waals surface area contributed by atoms with Gasteiger partial charge in [-0.1, -0.05) is 24.3 Å². The molecule has 0 saturated heterocycles. The van der Waals surface area contributed by atoms with Crippen LogP contribution in [0.15, 0.2) is 24.3 Å². The Bertz CT molecular complexity index is 259. The summed E-state index contributed by atoms with van der Waals surface area (Å²) in [5.74, 6) is 0. The lowest BCUT2D eigenvalue weighted by atomic mass is 9.80. The molecule has 14 heavy (non-hydrogen) atoms. The Morgan fingerprint density at radius 1 is 1.21 bits per heavy atom. The van der Waals surface area contributed by atoms with Gasteiger partial charge in [-0.25, -0.2) is 0 Å². The van der Waals surface area contributed by atoms with Crippen LogP contribution in [0.1, 0.15) is 12.0 Å². The summed E-state index contributed by atoms with van der Waals surface area (Å²) in [4.78, 5) is 0. The zero-order valence-corrected chi connectivity index (χ0v) is 8.31. The highest BCUT2D eigenvalue weighted by Gasteiger charge is 2.09. The molecule has 0 aliphatic rings. The van der Waals surface area contributed by atoms with Gasteiger partial charge < -0.3 is 14.8 Å². The van der Waals surface area contributed by atoms with Crippen molar-refractivity contribution in [1.29, 1.82) is 0 Å². The van der Waals surface area contributed by atoms with Crippen LogP contribution in [0.2, 0.25) is 0 Å². The predicted octanol–water partition coefficient (Wildman–Crippen LogP) is -0.0546. The van der Waals surface area contributed by atoms with Crippen LogP contribution in [0, 0.1) is 0 Å². The first kappa shape index (κ1) is 11.2. The highest BCUT2D eigenvalue weighted by molar-refractivity contribution is 6.58. The van der Waals surface area contributed by atoms with Crippen molar-refractivity contribution >= 4 is 12.6 Å². The molecule has 76 valence electrons. The number of aryl methyl sites for hydroxylation is 1. The van der Waals surface area contributed by atoms with Crippen molar-refractivity contribution in [3.05, 3.63) is 29.8 Å². The summed E-state index contributed by atoms with van der Waals surface area (Å²) in [6.07, 6.45) is 1.94. The lowest BCUT2D eigenvalue weighted by Crippen LogP contribution is -2.29. The average molecular weight is 194 g/mol. The van der Waals surface area contributed by atoms with Crippen LogP contribution in [-0.4, -0.2) is 30.9 Å². The summed E-state index contributed by atoms with van der Waals surface area (Å²) in [5.41, 5.74) is 1.71. The van der Waals surface area contributed by atoms with Gasteiger partial charge in [0.2, 0.25) is 0 Å². The summed E-state index contributed by atoms with van der Waals surface area (Å²) < 4.78 is 4.95. The van der Waals surface area contributed by atoms with Gasteiger partial charge in [-0.15, -0.1) is 0 Å². The van der Waals surface area contributed by atoms with E-state index in [1.807, 2.05) is 12.1 Å². The van der Waals surface area contributed by atoms with Gasteiger partial charge in [-0.3, -0.25) is 0 Å². The van der Waals surface area contributed by atoms with E-state index in [2.05, 4.69) is 0 Å². The maximum Gasteiger partial charge on any atom is 0.488 e. The minimum Gasteiger partial charge on any atom is -0.423 e. The van der Waals surface area contributed by atoms with Gasteiger partial charge in [-0.05, 0) is 23.9 Å². The molecule has 1 aromatic rings. The number of methoxy groups -OCH3 is 1. The molecule has 0 radical (unpaired) electrons. The Balaban J connectivity index is 2.47. The largest absolute Gasteiger partial charge is 0.488 e. The van der Waals surface area contributed by atoms with E-state index < -0.39 is 7.12 Å². The van der Waals surface area contributed by atoms with Gasteiger partial charge in [0.15, 0.2) is 0 Å². The summed E-state index contributed by atoms with van der Waals surface area (Å²) in [7, 11) is 0.314. The third-order valence-corrected chi connectivity index (χ3v) is 2.09. The first-order chi connectivity index (χ1) is 6.74. The van der Waals surface area contributed by atoms with Crippen LogP contribution in [0.5, 0.6) is 0 Å². The number of hydrogen-bond acceptors (Lipinski definition) is 3. The molecule has 3 nitrogen and oxygen atoms in total. The first-order valence-corrected chi connectivity index (χ1v) is 4.68. The molecule has 0 amide bonds. The molecule has 0 saturated carbocycles. The minimum absolute atomic E-state index is 0.528. The van der Waals surface area contributed by atoms with Crippen LogP contribution in [0.3, 0.4) is 0 Å². The van der Waals surface area contributed by atoms with Crippen molar-refractivity contribution in [2.45, 2.75) is 12.8 Å². The van der Waals surface area contributed by atoms with Crippen molar-refractivity contribution < 1.29 is 14.8 Å². The molecule has 0 atom stereocenters. The number of rotatable bonds is 5. The average Bonchev–Trinajstić information content (AvgIpc) is 2.19. The summed E-state index contributed by atoms with van der Waals surface area (Å²) >= 11 is 0. The standard InChI is InChI=1S/C10H15BO3/c1-14-8-2-3-9-4-6-10(7-5-9)11(12)13/h4-7,12-13H,2-3,8H2,1H3. The fraction of sp³-hybridized carbons (Fsp3) is 0.400. The van der Waals surface area contributed by atoms with Crippen LogP contribution >= 0.6 is 0 Å². The second-order valence-electron chi connectivity index (χ2n) is 3.21. The van der Waals surface area contributed by atoms with Crippen molar-refractivity contribution in [2.75, 3.05) is 13.7 Å². The van der Waals surface area contributed by atoms with E-state index >= 15 is 0 Å². The summed E-state index contributed by atoms with van der Waals surface area (Å²) in [5, 5.41) is 17.7. The van der Waals surface area contributed by atoms with Crippen molar-refractivity contribution in [3.63, 3.8) is 0 Å². The Labute approximate surface area is 84.5 Å². The zero-order valence-electron chi connectivity index (χ0n) is 8.31. The Kier molecular flexibility index (Phi) is 4.66. The van der Waals surface area contributed by atoms with Gasteiger partial charge in [0.1, 0.15) is 0 Å². The fourth-order valence-corrected chi connectivity index (χ4v) is 1.28. The maximum atomic E-state index is 8.86. The monoisotopic (exact) mass is 194 g/mol. The van der Waals surface area contributed by atoms with E-state index in [9.17, 15) is 0 Å². The normalized spacial score (nSPS) is 10.2. The van der Waals surface area contributed by atoms with E-state index in [1.54, 1.807) is 19.2 Å². The molecular formula is C10H15BO3. The smallest absolute Gasteiger partial charge is 0.423 e. The second-order valence-corrected chi connectivity index (χ2v) is 3.21. The van der Waals surface area contributed by atoms with Gasteiger partial charge in [0.05, 0.1) is 0 Å². The van der Waals surface area contributed by atoms with Crippen LogP contribution < -0.4 is 5.46 Å². The van der Waals surface area contributed by atoms with Gasteiger partial charge in [-0.2, -0.15) is 0 Å². The van der Waals surface area contributed by atoms with E-state index in [-0.39, 0.29) is 0 Å². The predicted molar refractivity (Wildman–Crippen MR) is 56.5 cm³/mol. The Morgan fingerprint density at radius 2 is 1.86 bits per heavy atom. The number of hydrogen-bond donors (Lipinski definition) is 2. The Hall–Kier alpha value is -0.835. The topological polar surface area (TPSA) is 49.7 Å². The van der Waals surface area contributed by atoms with E-state index in [1.165, 1.54) is 5.56 Å². The molecule has 0 spiro atoms. The van der Waals surface area contributed by atoms with E-state index in [0.29, 0.717) is 5.46 Å². The molecule has 0 unspecified atom stereocenters. The SMILES string of the molecule is COCCCc1ccc(B(O)O)cc1.